The number of pyridine rings is 1. The number of benzene rings is 1. The molecule has 2 heterocycles. The fourth-order valence-electron chi connectivity index (χ4n) is 2.05. The van der Waals surface area contributed by atoms with Gasteiger partial charge < -0.3 is 9.88 Å². The molecule has 1 aromatic carbocycles. The lowest BCUT2D eigenvalue weighted by Crippen LogP contribution is -2.26. The molecule has 0 atom stereocenters. The molecule has 1 amide bonds. The van der Waals surface area contributed by atoms with Gasteiger partial charge in [0.05, 0.1) is 5.56 Å². The summed E-state index contributed by atoms with van der Waals surface area (Å²) in [5.41, 5.74) is 2.51. The van der Waals surface area contributed by atoms with E-state index in [-0.39, 0.29) is 5.91 Å². The SMILES string of the molecule is CN(C(=O)c1cccnc1)c1ccc2[nH]ccc2c1. The predicted octanol–water partition coefficient (Wildman–Crippen LogP) is 2.84. The highest BCUT2D eigenvalue weighted by atomic mass is 16.2. The van der Waals surface area contributed by atoms with Crippen LogP contribution in [0.2, 0.25) is 0 Å². The number of carbonyl (C=O) groups excluding carboxylic acids is 1. The van der Waals surface area contributed by atoms with E-state index in [0.717, 1.165) is 16.6 Å². The van der Waals surface area contributed by atoms with E-state index >= 15 is 0 Å². The normalized spacial score (nSPS) is 10.6. The first kappa shape index (κ1) is 11.5. The molecule has 0 aliphatic carbocycles. The zero-order chi connectivity index (χ0) is 13.2. The van der Waals surface area contributed by atoms with Crippen LogP contribution in [-0.4, -0.2) is 22.9 Å². The first-order valence-electron chi connectivity index (χ1n) is 6.01. The van der Waals surface area contributed by atoms with Gasteiger partial charge in [-0.2, -0.15) is 0 Å². The number of carbonyl (C=O) groups is 1. The highest BCUT2D eigenvalue weighted by molar-refractivity contribution is 6.06. The zero-order valence-corrected chi connectivity index (χ0v) is 10.5. The van der Waals surface area contributed by atoms with E-state index < -0.39 is 0 Å². The van der Waals surface area contributed by atoms with Gasteiger partial charge in [0.1, 0.15) is 0 Å². The van der Waals surface area contributed by atoms with Crippen LogP contribution in [0, 0.1) is 0 Å². The number of hydrogen-bond donors (Lipinski definition) is 1. The second-order valence-corrected chi connectivity index (χ2v) is 4.36. The molecule has 3 rings (SSSR count). The highest BCUT2D eigenvalue weighted by Gasteiger charge is 2.13. The van der Waals surface area contributed by atoms with Gasteiger partial charge in [0.25, 0.3) is 5.91 Å². The van der Waals surface area contributed by atoms with Crippen LogP contribution in [0.5, 0.6) is 0 Å². The minimum absolute atomic E-state index is 0.0667. The van der Waals surface area contributed by atoms with Crippen LogP contribution < -0.4 is 4.90 Å². The molecule has 0 spiro atoms. The van der Waals surface area contributed by atoms with Crippen LogP contribution in [-0.2, 0) is 0 Å². The molecule has 4 heteroatoms. The minimum Gasteiger partial charge on any atom is -0.361 e. The van der Waals surface area contributed by atoms with Gasteiger partial charge in [0.15, 0.2) is 0 Å². The Labute approximate surface area is 110 Å². The number of nitrogens with one attached hydrogen (secondary N) is 1. The van der Waals surface area contributed by atoms with Gasteiger partial charge >= 0.3 is 0 Å². The fourth-order valence-corrected chi connectivity index (χ4v) is 2.05. The van der Waals surface area contributed by atoms with Gasteiger partial charge in [-0.25, -0.2) is 0 Å². The summed E-state index contributed by atoms with van der Waals surface area (Å²) in [5, 5.41) is 1.09. The van der Waals surface area contributed by atoms with E-state index in [1.165, 1.54) is 0 Å². The van der Waals surface area contributed by atoms with Gasteiger partial charge in [0, 0.05) is 42.2 Å². The molecule has 0 aliphatic heterocycles. The van der Waals surface area contributed by atoms with Crippen molar-refractivity contribution in [2.24, 2.45) is 0 Å². The fraction of sp³-hybridized carbons (Fsp3) is 0.0667. The molecule has 0 bridgehead atoms. The van der Waals surface area contributed by atoms with Crippen molar-refractivity contribution >= 4 is 22.5 Å². The Morgan fingerprint density at radius 2 is 2.16 bits per heavy atom. The first-order valence-corrected chi connectivity index (χ1v) is 6.01. The maximum Gasteiger partial charge on any atom is 0.259 e. The second kappa shape index (κ2) is 4.57. The number of nitrogens with zero attached hydrogens (tertiary/aromatic N) is 2. The number of aromatic amines is 1. The maximum atomic E-state index is 12.3. The van der Waals surface area contributed by atoms with Crippen LogP contribution in [0.25, 0.3) is 10.9 Å². The summed E-state index contributed by atoms with van der Waals surface area (Å²) in [6.45, 7) is 0. The molecular weight excluding hydrogens is 238 g/mol. The van der Waals surface area contributed by atoms with Crippen molar-refractivity contribution in [2.75, 3.05) is 11.9 Å². The molecular formula is C15H13N3O. The Hall–Kier alpha value is -2.62. The number of hydrogen-bond acceptors (Lipinski definition) is 2. The van der Waals surface area contributed by atoms with E-state index in [1.54, 1.807) is 36.5 Å². The smallest absolute Gasteiger partial charge is 0.259 e. The Bertz CT molecular complexity index is 718. The Morgan fingerprint density at radius 3 is 2.95 bits per heavy atom. The predicted molar refractivity (Wildman–Crippen MR) is 75.3 cm³/mol. The number of H-pyrrole nitrogens is 1. The van der Waals surface area contributed by atoms with Gasteiger partial charge in [-0.15, -0.1) is 0 Å². The first-order chi connectivity index (χ1) is 9.25. The van der Waals surface area contributed by atoms with Gasteiger partial charge in [-0.1, -0.05) is 0 Å². The average molecular weight is 251 g/mol. The minimum atomic E-state index is -0.0667. The molecule has 0 unspecified atom stereocenters. The Balaban J connectivity index is 1.94. The molecule has 94 valence electrons. The number of fused-ring (bicyclic) bond motifs is 1. The van der Waals surface area contributed by atoms with Crippen LogP contribution >= 0.6 is 0 Å². The molecule has 0 radical (unpaired) electrons. The summed E-state index contributed by atoms with van der Waals surface area (Å²) in [6, 6.07) is 11.4. The summed E-state index contributed by atoms with van der Waals surface area (Å²) in [7, 11) is 1.77. The molecule has 0 aliphatic rings. The maximum absolute atomic E-state index is 12.3. The lowest BCUT2D eigenvalue weighted by atomic mass is 10.2. The quantitative estimate of drug-likeness (QED) is 0.761. The number of amides is 1. The van der Waals surface area contributed by atoms with Crippen LogP contribution in [0.15, 0.2) is 55.0 Å². The monoisotopic (exact) mass is 251 g/mol. The third kappa shape index (κ3) is 2.08. The highest BCUT2D eigenvalue weighted by Crippen LogP contribution is 2.21. The molecule has 0 saturated heterocycles. The zero-order valence-electron chi connectivity index (χ0n) is 10.5. The number of anilines is 1. The van der Waals surface area contributed by atoms with Gasteiger partial charge in [-0.3, -0.25) is 9.78 Å². The summed E-state index contributed by atoms with van der Waals surface area (Å²) in [4.78, 5) is 21.0. The summed E-state index contributed by atoms with van der Waals surface area (Å²) in [5.74, 6) is -0.0667. The van der Waals surface area contributed by atoms with Crippen molar-refractivity contribution < 1.29 is 4.79 Å². The molecule has 0 saturated carbocycles. The Kier molecular flexibility index (Phi) is 2.76. The molecule has 3 aromatic rings. The molecule has 19 heavy (non-hydrogen) atoms. The Morgan fingerprint density at radius 1 is 1.26 bits per heavy atom. The van der Waals surface area contributed by atoms with Gasteiger partial charge in [0.2, 0.25) is 0 Å². The third-order valence-corrected chi connectivity index (χ3v) is 3.14. The van der Waals surface area contributed by atoms with Crippen molar-refractivity contribution in [1.82, 2.24) is 9.97 Å². The van der Waals surface area contributed by atoms with E-state index in [1.807, 2.05) is 30.5 Å². The molecule has 0 fully saturated rings. The van der Waals surface area contributed by atoms with Crippen LogP contribution in [0.4, 0.5) is 5.69 Å². The van der Waals surface area contributed by atoms with E-state index in [4.69, 9.17) is 0 Å². The summed E-state index contributed by atoms with van der Waals surface area (Å²) < 4.78 is 0. The molecule has 1 N–H and O–H groups in total. The number of aromatic nitrogens is 2. The van der Waals surface area contributed by atoms with Gasteiger partial charge in [-0.05, 0) is 36.4 Å². The van der Waals surface area contributed by atoms with E-state index in [9.17, 15) is 4.79 Å². The number of rotatable bonds is 2. The van der Waals surface area contributed by atoms with E-state index in [0.29, 0.717) is 5.56 Å². The lowest BCUT2D eigenvalue weighted by molar-refractivity contribution is 0.0992. The second-order valence-electron chi connectivity index (χ2n) is 4.36. The average Bonchev–Trinajstić information content (AvgIpc) is 2.94. The molecule has 2 aromatic heterocycles. The van der Waals surface area contributed by atoms with Crippen LogP contribution in [0.1, 0.15) is 10.4 Å². The summed E-state index contributed by atoms with van der Waals surface area (Å²) in [6.07, 6.45) is 5.12. The van der Waals surface area contributed by atoms with Crippen LogP contribution in [0.3, 0.4) is 0 Å². The standard InChI is InChI=1S/C15H13N3O/c1-18(15(19)12-3-2-7-16-10-12)13-4-5-14-11(9-13)6-8-17-14/h2-10,17H,1H3. The topological polar surface area (TPSA) is 49.0 Å². The van der Waals surface area contributed by atoms with Crippen molar-refractivity contribution in [3.8, 4) is 0 Å². The largest absolute Gasteiger partial charge is 0.361 e. The van der Waals surface area contributed by atoms with Crippen molar-refractivity contribution in [3.05, 3.63) is 60.6 Å². The third-order valence-electron chi connectivity index (χ3n) is 3.14. The molecule has 4 nitrogen and oxygen atoms in total. The summed E-state index contributed by atoms with van der Waals surface area (Å²) >= 11 is 0. The van der Waals surface area contributed by atoms with E-state index in [2.05, 4.69) is 9.97 Å². The lowest BCUT2D eigenvalue weighted by Gasteiger charge is -2.17. The van der Waals surface area contributed by atoms with Crippen molar-refractivity contribution in [1.29, 1.82) is 0 Å². The van der Waals surface area contributed by atoms with Crippen molar-refractivity contribution in [3.63, 3.8) is 0 Å². The van der Waals surface area contributed by atoms with Crippen molar-refractivity contribution in [2.45, 2.75) is 0 Å².